The Morgan fingerprint density at radius 2 is 1.89 bits per heavy atom. The average Bonchev–Trinajstić information content (AvgIpc) is 3.43. The minimum Gasteiger partial charge on any atom is -0.322 e. The molecule has 2 aromatic carbocycles. The predicted octanol–water partition coefficient (Wildman–Crippen LogP) is 2.69. The van der Waals surface area contributed by atoms with Crippen LogP contribution in [0.15, 0.2) is 59.5 Å². The van der Waals surface area contributed by atoms with Crippen molar-refractivity contribution in [1.29, 1.82) is 0 Å². The summed E-state index contributed by atoms with van der Waals surface area (Å²) in [4.78, 5) is 22.6. The summed E-state index contributed by atoms with van der Waals surface area (Å²) in [6.07, 6.45) is 4.15. The number of carbonyl (C=O) groups is 1. The number of anilines is 1. The maximum atomic E-state index is 12.2. The molecule has 0 atom stereocenters. The molecule has 140 valence electrons. The maximum absolute atomic E-state index is 12.2. The minimum atomic E-state index is -3.62. The molecule has 27 heavy (non-hydrogen) atoms. The first-order valence-corrected chi connectivity index (χ1v) is 9.68. The second-order valence-electron chi connectivity index (χ2n) is 6.06. The summed E-state index contributed by atoms with van der Waals surface area (Å²) in [5.41, 5.74) is 0.495. The van der Waals surface area contributed by atoms with E-state index in [1.54, 1.807) is 12.1 Å². The number of nitro benzene ring substituents is 1. The maximum Gasteiger partial charge on any atom is 0.276 e. The first-order chi connectivity index (χ1) is 12.8. The fourth-order valence-electron chi connectivity index (χ4n) is 2.37. The second-order valence-corrected chi connectivity index (χ2v) is 7.78. The van der Waals surface area contributed by atoms with Crippen LogP contribution in [0, 0.1) is 10.1 Å². The van der Waals surface area contributed by atoms with Gasteiger partial charge in [0, 0.05) is 23.9 Å². The molecular weight excluding hydrogens is 370 g/mol. The van der Waals surface area contributed by atoms with E-state index in [1.807, 2.05) is 0 Å². The molecule has 8 nitrogen and oxygen atoms in total. The number of hydrogen-bond donors (Lipinski definition) is 2. The number of amides is 1. The average molecular weight is 387 g/mol. The van der Waals surface area contributed by atoms with Crippen molar-refractivity contribution < 1.29 is 18.1 Å². The summed E-state index contributed by atoms with van der Waals surface area (Å²) < 4.78 is 27.0. The number of para-hydroxylation sites is 1. The van der Waals surface area contributed by atoms with E-state index in [-0.39, 0.29) is 16.6 Å². The Morgan fingerprint density at radius 3 is 2.59 bits per heavy atom. The number of carbonyl (C=O) groups excluding carboxylic acids is 1. The molecule has 0 saturated heterocycles. The first kappa shape index (κ1) is 18.7. The lowest BCUT2D eigenvalue weighted by molar-refractivity contribution is -0.385. The van der Waals surface area contributed by atoms with Crippen molar-refractivity contribution in [3.05, 3.63) is 70.3 Å². The molecule has 0 spiro atoms. The number of hydrogen-bond acceptors (Lipinski definition) is 5. The third kappa shape index (κ3) is 4.99. The monoisotopic (exact) mass is 387 g/mol. The van der Waals surface area contributed by atoms with Crippen molar-refractivity contribution in [3.63, 3.8) is 0 Å². The van der Waals surface area contributed by atoms with Crippen LogP contribution in [0.5, 0.6) is 0 Å². The normalized spacial score (nSPS) is 14.2. The number of rotatable bonds is 7. The van der Waals surface area contributed by atoms with Crippen LogP contribution in [0.2, 0.25) is 0 Å². The number of nitrogens with zero attached hydrogens (tertiary/aromatic N) is 1. The molecule has 3 rings (SSSR count). The van der Waals surface area contributed by atoms with Crippen LogP contribution < -0.4 is 10.0 Å². The highest BCUT2D eigenvalue weighted by Gasteiger charge is 2.28. The van der Waals surface area contributed by atoms with Crippen LogP contribution in [0.4, 0.5) is 11.4 Å². The van der Waals surface area contributed by atoms with Crippen molar-refractivity contribution in [1.82, 2.24) is 4.72 Å². The number of sulfonamides is 1. The van der Waals surface area contributed by atoms with Crippen LogP contribution in [-0.2, 0) is 14.8 Å². The van der Waals surface area contributed by atoms with Crippen molar-refractivity contribution >= 4 is 33.4 Å². The number of benzene rings is 2. The van der Waals surface area contributed by atoms with Crippen LogP contribution >= 0.6 is 0 Å². The van der Waals surface area contributed by atoms with Gasteiger partial charge < -0.3 is 5.32 Å². The van der Waals surface area contributed by atoms with Gasteiger partial charge in [-0.15, -0.1) is 0 Å². The van der Waals surface area contributed by atoms with Crippen LogP contribution in [0.3, 0.4) is 0 Å². The Hall–Kier alpha value is -3.04. The van der Waals surface area contributed by atoms with E-state index in [0.717, 1.165) is 18.9 Å². The van der Waals surface area contributed by atoms with Crippen molar-refractivity contribution in [2.75, 3.05) is 5.32 Å². The molecular formula is C18H17N3O5S. The van der Waals surface area contributed by atoms with Gasteiger partial charge in [0.05, 0.1) is 15.4 Å². The first-order valence-electron chi connectivity index (χ1n) is 8.20. The standard InChI is InChI=1S/C18H17N3O5S/c22-18(11-8-13-4-1-2-7-17(13)21(23)24)19-15-5-3-6-16(12-15)27(25,26)20-14-9-10-14/h1-8,11-12,14,20H,9-10H2,(H,19,22)/b11-8+. The topological polar surface area (TPSA) is 118 Å². The zero-order chi connectivity index (χ0) is 19.4. The minimum absolute atomic E-state index is 0.0159. The van der Waals surface area contributed by atoms with Crippen LogP contribution in [-0.4, -0.2) is 25.3 Å². The zero-order valence-corrected chi connectivity index (χ0v) is 15.0. The number of nitro groups is 1. The second kappa shape index (κ2) is 7.68. The molecule has 0 radical (unpaired) electrons. The molecule has 0 heterocycles. The van der Waals surface area contributed by atoms with Gasteiger partial charge in [-0.3, -0.25) is 14.9 Å². The summed E-state index contributed by atoms with van der Waals surface area (Å²) in [6, 6.07) is 11.9. The molecule has 1 saturated carbocycles. The Labute approximate surface area is 156 Å². The SMILES string of the molecule is O=C(/C=C/c1ccccc1[N+](=O)[O-])Nc1cccc(S(=O)(=O)NC2CC2)c1. The van der Waals surface area contributed by atoms with Crippen molar-refractivity contribution in [3.8, 4) is 0 Å². The van der Waals surface area contributed by atoms with Crippen LogP contribution in [0.1, 0.15) is 18.4 Å². The Morgan fingerprint density at radius 1 is 1.15 bits per heavy atom. The van der Waals surface area contributed by atoms with E-state index in [9.17, 15) is 23.3 Å². The highest BCUT2D eigenvalue weighted by molar-refractivity contribution is 7.89. The largest absolute Gasteiger partial charge is 0.322 e. The van der Waals surface area contributed by atoms with Crippen molar-refractivity contribution in [2.45, 2.75) is 23.8 Å². The summed E-state index contributed by atoms with van der Waals surface area (Å²) in [5, 5.41) is 13.5. The van der Waals surface area contributed by atoms with E-state index in [2.05, 4.69) is 10.0 Å². The van der Waals surface area contributed by atoms with Gasteiger partial charge in [-0.05, 0) is 43.2 Å². The van der Waals surface area contributed by atoms with Gasteiger partial charge in [0.25, 0.3) is 5.69 Å². The molecule has 2 aromatic rings. The molecule has 0 bridgehead atoms. The van der Waals surface area contributed by atoms with Gasteiger partial charge in [-0.1, -0.05) is 18.2 Å². The third-order valence-electron chi connectivity index (χ3n) is 3.86. The molecule has 2 N–H and O–H groups in total. The smallest absolute Gasteiger partial charge is 0.276 e. The van der Waals surface area contributed by atoms with Gasteiger partial charge in [0.15, 0.2) is 0 Å². The zero-order valence-electron chi connectivity index (χ0n) is 14.2. The predicted molar refractivity (Wildman–Crippen MR) is 101 cm³/mol. The lowest BCUT2D eigenvalue weighted by atomic mass is 10.1. The highest BCUT2D eigenvalue weighted by Crippen LogP contribution is 2.23. The van der Waals surface area contributed by atoms with Gasteiger partial charge in [0.2, 0.25) is 15.9 Å². The summed E-state index contributed by atoms with van der Waals surface area (Å²) in [6.45, 7) is 0. The van der Waals surface area contributed by atoms with Crippen molar-refractivity contribution in [2.24, 2.45) is 0 Å². The van der Waals surface area contributed by atoms with Gasteiger partial charge in [-0.25, -0.2) is 13.1 Å². The third-order valence-corrected chi connectivity index (χ3v) is 5.38. The quantitative estimate of drug-likeness (QED) is 0.430. The summed E-state index contributed by atoms with van der Waals surface area (Å²) in [5.74, 6) is -0.530. The Balaban J connectivity index is 1.71. The van der Waals surface area contributed by atoms with Gasteiger partial charge in [-0.2, -0.15) is 0 Å². The summed E-state index contributed by atoms with van der Waals surface area (Å²) >= 11 is 0. The van der Waals surface area contributed by atoms with E-state index in [0.29, 0.717) is 11.3 Å². The van der Waals surface area contributed by atoms with Crippen LogP contribution in [0.25, 0.3) is 6.08 Å². The molecule has 0 unspecified atom stereocenters. The fourth-order valence-corrected chi connectivity index (χ4v) is 3.72. The van der Waals surface area contributed by atoms with E-state index >= 15 is 0 Å². The lowest BCUT2D eigenvalue weighted by Crippen LogP contribution is -2.25. The molecule has 1 aliphatic carbocycles. The van der Waals surface area contributed by atoms with Gasteiger partial charge in [0.1, 0.15) is 0 Å². The van der Waals surface area contributed by atoms with Gasteiger partial charge >= 0.3 is 0 Å². The molecule has 1 aliphatic rings. The highest BCUT2D eigenvalue weighted by atomic mass is 32.2. The molecule has 0 aromatic heterocycles. The Bertz CT molecular complexity index is 1010. The van der Waals surface area contributed by atoms with E-state index in [1.165, 1.54) is 42.5 Å². The molecule has 9 heteroatoms. The van der Waals surface area contributed by atoms with E-state index < -0.39 is 20.9 Å². The number of nitrogens with one attached hydrogen (secondary N) is 2. The lowest BCUT2D eigenvalue weighted by Gasteiger charge is -2.08. The molecule has 1 amide bonds. The Kier molecular flexibility index (Phi) is 5.33. The molecule has 1 fully saturated rings. The summed E-state index contributed by atoms with van der Waals surface area (Å²) in [7, 11) is -3.62. The van der Waals surface area contributed by atoms with E-state index in [4.69, 9.17) is 0 Å². The fraction of sp³-hybridized carbons (Fsp3) is 0.167. The molecule has 0 aliphatic heterocycles.